The quantitative estimate of drug-likeness (QED) is 0.735. The molecule has 1 rings (SSSR count). The number of hydrogen-bond acceptors (Lipinski definition) is 2. The zero-order chi connectivity index (χ0) is 10.3. The van der Waals surface area contributed by atoms with Crippen molar-refractivity contribution in [1.82, 2.24) is 5.32 Å². The van der Waals surface area contributed by atoms with E-state index < -0.39 is 0 Å². The van der Waals surface area contributed by atoms with Crippen LogP contribution < -0.4 is 5.32 Å². The van der Waals surface area contributed by atoms with Gasteiger partial charge in [-0.15, -0.1) is 12.4 Å². The Kier molecular flexibility index (Phi) is 4.05. The molecular formula is C11H24ClNO. The van der Waals surface area contributed by atoms with Crippen LogP contribution in [0.15, 0.2) is 0 Å². The summed E-state index contributed by atoms with van der Waals surface area (Å²) in [5.41, 5.74) is 0.296. The lowest BCUT2D eigenvalue weighted by atomic mass is 9.86. The van der Waals surface area contributed by atoms with Crippen molar-refractivity contribution in [2.45, 2.75) is 59.2 Å². The maximum Gasteiger partial charge on any atom is 0.117 e. The highest BCUT2D eigenvalue weighted by atomic mass is 35.5. The van der Waals surface area contributed by atoms with Crippen LogP contribution in [0.5, 0.6) is 0 Å². The van der Waals surface area contributed by atoms with E-state index in [1.165, 1.54) is 0 Å². The molecule has 1 fully saturated rings. The fourth-order valence-corrected chi connectivity index (χ4v) is 2.23. The lowest BCUT2D eigenvalue weighted by Gasteiger charge is -2.33. The molecule has 0 amide bonds. The van der Waals surface area contributed by atoms with E-state index in [-0.39, 0.29) is 23.7 Å². The molecule has 14 heavy (non-hydrogen) atoms. The van der Waals surface area contributed by atoms with Crippen LogP contribution in [0.3, 0.4) is 0 Å². The van der Waals surface area contributed by atoms with Crippen LogP contribution in [0.1, 0.15) is 48.0 Å². The second-order valence-electron chi connectivity index (χ2n) is 6.27. The second-order valence-corrected chi connectivity index (χ2v) is 6.27. The molecule has 0 aromatic carbocycles. The number of halogens is 1. The summed E-state index contributed by atoms with van der Waals surface area (Å²) < 4.78 is 5.82. The van der Waals surface area contributed by atoms with E-state index in [1.54, 1.807) is 0 Å². The van der Waals surface area contributed by atoms with Crippen molar-refractivity contribution in [3.05, 3.63) is 0 Å². The molecule has 0 aromatic rings. The van der Waals surface area contributed by atoms with E-state index in [0.29, 0.717) is 5.41 Å². The molecule has 0 spiro atoms. The molecular weight excluding hydrogens is 198 g/mol. The maximum absolute atomic E-state index is 5.82. The summed E-state index contributed by atoms with van der Waals surface area (Å²) in [6.45, 7) is 14.0. The lowest BCUT2D eigenvalue weighted by Crippen LogP contribution is -2.48. The van der Waals surface area contributed by atoms with E-state index in [1.807, 2.05) is 0 Å². The van der Waals surface area contributed by atoms with E-state index in [4.69, 9.17) is 4.74 Å². The summed E-state index contributed by atoms with van der Waals surface area (Å²) in [5.74, 6) is 0. The molecule has 0 aromatic heterocycles. The fraction of sp³-hybridized carbons (Fsp3) is 1.00. The van der Waals surface area contributed by atoms with E-state index in [9.17, 15) is 0 Å². The molecule has 1 heterocycles. The lowest BCUT2D eigenvalue weighted by molar-refractivity contribution is -0.0243. The van der Waals surface area contributed by atoms with Crippen LogP contribution >= 0.6 is 12.4 Å². The van der Waals surface area contributed by atoms with Crippen molar-refractivity contribution < 1.29 is 4.74 Å². The van der Waals surface area contributed by atoms with E-state index >= 15 is 0 Å². The first-order chi connectivity index (χ1) is 5.62. The minimum atomic E-state index is -0.137. The molecule has 1 N–H and O–H groups in total. The van der Waals surface area contributed by atoms with Crippen molar-refractivity contribution in [3.63, 3.8) is 0 Å². The van der Waals surface area contributed by atoms with Gasteiger partial charge in [-0.2, -0.15) is 0 Å². The van der Waals surface area contributed by atoms with Gasteiger partial charge in [0.1, 0.15) is 5.72 Å². The van der Waals surface area contributed by atoms with E-state index in [0.717, 1.165) is 13.0 Å². The van der Waals surface area contributed by atoms with Crippen LogP contribution in [-0.2, 0) is 4.74 Å². The highest BCUT2D eigenvalue weighted by Crippen LogP contribution is 2.33. The van der Waals surface area contributed by atoms with Crippen LogP contribution in [-0.4, -0.2) is 17.9 Å². The third kappa shape index (κ3) is 4.16. The molecule has 0 radical (unpaired) electrons. The Morgan fingerprint density at radius 2 is 1.71 bits per heavy atom. The van der Waals surface area contributed by atoms with Crippen molar-refractivity contribution >= 4 is 12.4 Å². The Labute approximate surface area is 94.2 Å². The topological polar surface area (TPSA) is 21.3 Å². The summed E-state index contributed by atoms with van der Waals surface area (Å²) in [5, 5.41) is 3.54. The number of rotatable bonds is 1. The summed E-state index contributed by atoms with van der Waals surface area (Å²) in [4.78, 5) is 0. The Balaban J connectivity index is 0.00000169. The van der Waals surface area contributed by atoms with Gasteiger partial charge in [-0.3, -0.25) is 5.32 Å². The molecule has 0 saturated carbocycles. The van der Waals surface area contributed by atoms with Gasteiger partial charge in [-0.1, -0.05) is 20.8 Å². The maximum atomic E-state index is 5.82. The first kappa shape index (κ1) is 14.2. The second kappa shape index (κ2) is 3.99. The SMILES string of the molecule is CC(C)(C)CC1(C)NC(C)(C)CO1.Cl. The van der Waals surface area contributed by atoms with Gasteiger partial charge in [0.15, 0.2) is 0 Å². The van der Waals surface area contributed by atoms with E-state index in [2.05, 4.69) is 46.9 Å². The smallest absolute Gasteiger partial charge is 0.117 e. The molecule has 1 aliphatic rings. The van der Waals surface area contributed by atoms with Crippen molar-refractivity contribution in [3.8, 4) is 0 Å². The van der Waals surface area contributed by atoms with Crippen LogP contribution in [0.4, 0.5) is 0 Å². The minimum Gasteiger partial charge on any atom is -0.359 e. The molecule has 86 valence electrons. The van der Waals surface area contributed by atoms with Gasteiger partial charge in [0.25, 0.3) is 0 Å². The molecule has 3 heteroatoms. The number of ether oxygens (including phenoxy) is 1. The normalized spacial score (nSPS) is 31.3. The average Bonchev–Trinajstić information content (AvgIpc) is 2.00. The molecule has 2 nitrogen and oxygen atoms in total. The predicted octanol–water partition coefficient (Wildman–Crippen LogP) is 2.96. The Morgan fingerprint density at radius 3 is 2.00 bits per heavy atom. The molecule has 1 aliphatic heterocycles. The Morgan fingerprint density at radius 1 is 1.21 bits per heavy atom. The molecule has 1 atom stereocenters. The minimum absolute atomic E-state index is 0. The standard InChI is InChI=1S/C11H23NO.ClH/c1-9(2,3)7-11(6)12-10(4,5)8-13-11;/h12H,7-8H2,1-6H3;1H. The highest BCUT2D eigenvalue weighted by Gasteiger charge is 2.41. The van der Waals surface area contributed by atoms with Gasteiger partial charge in [0, 0.05) is 5.54 Å². The van der Waals surface area contributed by atoms with Gasteiger partial charge in [-0.25, -0.2) is 0 Å². The van der Waals surface area contributed by atoms with Crippen molar-refractivity contribution in [2.75, 3.05) is 6.61 Å². The molecule has 0 bridgehead atoms. The predicted molar refractivity (Wildman–Crippen MR) is 62.9 cm³/mol. The first-order valence-corrected chi connectivity index (χ1v) is 5.05. The number of nitrogens with one attached hydrogen (secondary N) is 1. The third-order valence-electron chi connectivity index (χ3n) is 2.22. The summed E-state index contributed by atoms with van der Waals surface area (Å²) in [6, 6.07) is 0. The van der Waals surface area contributed by atoms with Crippen LogP contribution in [0, 0.1) is 5.41 Å². The van der Waals surface area contributed by atoms with Gasteiger partial charge >= 0.3 is 0 Å². The zero-order valence-electron chi connectivity index (χ0n) is 10.2. The molecule has 0 aliphatic carbocycles. The van der Waals surface area contributed by atoms with Gasteiger partial charge in [0.2, 0.25) is 0 Å². The highest BCUT2D eigenvalue weighted by molar-refractivity contribution is 5.85. The largest absolute Gasteiger partial charge is 0.359 e. The fourth-order valence-electron chi connectivity index (χ4n) is 2.23. The molecule has 1 unspecified atom stereocenters. The summed E-state index contributed by atoms with van der Waals surface area (Å²) in [7, 11) is 0. The average molecular weight is 222 g/mol. The monoisotopic (exact) mass is 221 g/mol. The van der Waals surface area contributed by atoms with Gasteiger partial charge in [-0.05, 0) is 32.6 Å². The summed E-state index contributed by atoms with van der Waals surface area (Å²) in [6.07, 6.45) is 1.05. The Hall–Kier alpha value is 0.210. The van der Waals surface area contributed by atoms with Gasteiger partial charge < -0.3 is 4.74 Å². The third-order valence-corrected chi connectivity index (χ3v) is 2.22. The van der Waals surface area contributed by atoms with Crippen LogP contribution in [0.25, 0.3) is 0 Å². The first-order valence-electron chi connectivity index (χ1n) is 5.05. The number of hydrogen-bond donors (Lipinski definition) is 1. The Bertz CT molecular complexity index is 198. The van der Waals surface area contributed by atoms with Crippen molar-refractivity contribution in [1.29, 1.82) is 0 Å². The molecule has 1 saturated heterocycles. The van der Waals surface area contributed by atoms with Crippen LogP contribution in [0.2, 0.25) is 0 Å². The zero-order valence-corrected chi connectivity index (χ0v) is 11.0. The van der Waals surface area contributed by atoms with Crippen molar-refractivity contribution in [2.24, 2.45) is 5.41 Å². The summed E-state index contributed by atoms with van der Waals surface area (Å²) >= 11 is 0. The van der Waals surface area contributed by atoms with Gasteiger partial charge in [0.05, 0.1) is 6.61 Å².